The van der Waals surface area contributed by atoms with E-state index in [1.54, 1.807) is 0 Å². The minimum absolute atomic E-state index is 0.415. The normalized spacial score (nSPS) is 14.6. The molecule has 0 radical (unpaired) electrons. The molecule has 16 heavy (non-hydrogen) atoms. The summed E-state index contributed by atoms with van der Waals surface area (Å²) in [7, 11) is 0. The second-order valence-corrected chi connectivity index (χ2v) is 4.34. The van der Waals surface area contributed by atoms with Gasteiger partial charge in [-0.1, -0.05) is 6.92 Å². The van der Waals surface area contributed by atoms with Crippen LogP contribution in [-0.2, 0) is 5.41 Å². The molecule has 2 aromatic rings. The Morgan fingerprint density at radius 2 is 2.31 bits per heavy atom. The van der Waals surface area contributed by atoms with Gasteiger partial charge in [-0.25, -0.2) is 4.98 Å². The molecule has 0 bridgehead atoms. The first-order chi connectivity index (χ1) is 7.60. The lowest BCUT2D eigenvalue weighted by atomic mass is 9.82. The van der Waals surface area contributed by atoms with Crippen molar-refractivity contribution >= 4 is 5.65 Å². The minimum Gasteiger partial charge on any atom is -0.304 e. The molecular formula is C13H15N3. The lowest BCUT2D eigenvalue weighted by Gasteiger charge is -2.19. The predicted molar refractivity (Wildman–Crippen MR) is 63.2 cm³/mol. The molecule has 2 aromatic heterocycles. The summed E-state index contributed by atoms with van der Waals surface area (Å²) in [5.74, 6) is 0. The van der Waals surface area contributed by atoms with E-state index >= 15 is 0 Å². The van der Waals surface area contributed by atoms with Crippen LogP contribution < -0.4 is 0 Å². The molecule has 3 heteroatoms. The summed E-state index contributed by atoms with van der Waals surface area (Å²) in [5, 5.41) is 9.24. The molecule has 0 aliphatic carbocycles. The van der Waals surface area contributed by atoms with E-state index in [1.165, 1.54) is 0 Å². The van der Waals surface area contributed by atoms with Crippen LogP contribution in [0.25, 0.3) is 5.65 Å². The standard InChI is InChI=1S/C13H15N3/c1-4-13(3,9-14)11-5-6-16-10(2)8-15-12(16)7-11/h5-8H,4H2,1-3H3. The largest absolute Gasteiger partial charge is 0.304 e. The van der Waals surface area contributed by atoms with E-state index in [4.69, 9.17) is 0 Å². The van der Waals surface area contributed by atoms with Crippen LogP contribution in [0.5, 0.6) is 0 Å². The van der Waals surface area contributed by atoms with E-state index in [9.17, 15) is 5.26 Å². The van der Waals surface area contributed by atoms with Crippen LogP contribution in [0.2, 0.25) is 0 Å². The van der Waals surface area contributed by atoms with Crippen molar-refractivity contribution in [3.63, 3.8) is 0 Å². The molecule has 0 N–H and O–H groups in total. The van der Waals surface area contributed by atoms with Crippen LogP contribution in [0.15, 0.2) is 24.5 Å². The molecule has 0 amide bonds. The average molecular weight is 213 g/mol. The van der Waals surface area contributed by atoms with Gasteiger partial charge in [0.2, 0.25) is 0 Å². The Morgan fingerprint density at radius 1 is 1.56 bits per heavy atom. The van der Waals surface area contributed by atoms with Gasteiger partial charge in [-0.15, -0.1) is 0 Å². The second kappa shape index (κ2) is 3.64. The molecule has 0 aliphatic heterocycles. The Morgan fingerprint density at radius 3 is 2.94 bits per heavy atom. The van der Waals surface area contributed by atoms with Crippen molar-refractivity contribution in [3.8, 4) is 6.07 Å². The van der Waals surface area contributed by atoms with Gasteiger partial charge in [0.05, 0.1) is 11.5 Å². The molecule has 0 aromatic carbocycles. The smallest absolute Gasteiger partial charge is 0.137 e. The molecule has 3 nitrogen and oxygen atoms in total. The Bertz CT molecular complexity index is 562. The second-order valence-electron chi connectivity index (χ2n) is 4.34. The average Bonchev–Trinajstić information content (AvgIpc) is 2.69. The van der Waals surface area contributed by atoms with Crippen molar-refractivity contribution in [2.45, 2.75) is 32.6 Å². The van der Waals surface area contributed by atoms with E-state index < -0.39 is 5.41 Å². The molecule has 1 atom stereocenters. The molecule has 1 unspecified atom stereocenters. The van der Waals surface area contributed by atoms with E-state index in [2.05, 4.69) is 11.1 Å². The van der Waals surface area contributed by atoms with Crippen LogP contribution in [0, 0.1) is 18.3 Å². The van der Waals surface area contributed by atoms with Crippen molar-refractivity contribution in [1.82, 2.24) is 9.38 Å². The number of hydrogen-bond donors (Lipinski definition) is 0. The zero-order valence-electron chi connectivity index (χ0n) is 9.86. The number of aromatic nitrogens is 2. The summed E-state index contributed by atoms with van der Waals surface area (Å²) >= 11 is 0. The fourth-order valence-corrected chi connectivity index (χ4v) is 1.80. The molecule has 0 aliphatic rings. The molecule has 0 saturated carbocycles. The zero-order chi connectivity index (χ0) is 11.8. The highest BCUT2D eigenvalue weighted by Crippen LogP contribution is 2.27. The number of aryl methyl sites for hydroxylation is 1. The highest BCUT2D eigenvalue weighted by molar-refractivity contribution is 5.46. The fourth-order valence-electron chi connectivity index (χ4n) is 1.80. The molecule has 2 heterocycles. The predicted octanol–water partition coefficient (Wildman–Crippen LogP) is 2.83. The summed E-state index contributed by atoms with van der Waals surface area (Å²) in [4.78, 5) is 4.31. The van der Waals surface area contributed by atoms with Crippen molar-refractivity contribution < 1.29 is 0 Å². The monoisotopic (exact) mass is 213 g/mol. The van der Waals surface area contributed by atoms with Gasteiger partial charge in [0.1, 0.15) is 5.65 Å². The molecule has 82 valence electrons. The van der Waals surface area contributed by atoms with Crippen LogP contribution in [0.4, 0.5) is 0 Å². The number of pyridine rings is 1. The SMILES string of the molecule is CCC(C)(C#N)c1ccn2c(C)cnc2c1. The van der Waals surface area contributed by atoms with Crippen molar-refractivity contribution in [3.05, 3.63) is 35.8 Å². The molecule has 2 rings (SSSR count). The van der Waals surface area contributed by atoms with Gasteiger partial charge >= 0.3 is 0 Å². The Balaban J connectivity index is 2.60. The maximum atomic E-state index is 9.24. The Kier molecular flexibility index (Phi) is 2.43. The van der Waals surface area contributed by atoms with Crippen LogP contribution in [0.1, 0.15) is 31.5 Å². The van der Waals surface area contributed by atoms with Crippen LogP contribution >= 0.6 is 0 Å². The van der Waals surface area contributed by atoms with Gasteiger partial charge in [-0.3, -0.25) is 0 Å². The van der Waals surface area contributed by atoms with Crippen LogP contribution in [-0.4, -0.2) is 9.38 Å². The summed E-state index contributed by atoms with van der Waals surface area (Å²) in [6, 6.07) is 6.39. The minimum atomic E-state index is -0.415. The first kappa shape index (κ1) is 10.7. The quantitative estimate of drug-likeness (QED) is 0.769. The van der Waals surface area contributed by atoms with Crippen molar-refractivity contribution in [2.24, 2.45) is 0 Å². The summed E-state index contributed by atoms with van der Waals surface area (Å²) in [5.41, 5.74) is 2.64. The lowest BCUT2D eigenvalue weighted by Crippen LogP contribution is -2.18. The van der Waals surface area contributed by atoms with Gasteiger partial charge < -0.3 is 4.40 Å². The fraction of sp³-hybridized carbons (Fsp3) is 0.385. The third-order valence-electron chi connectivity index (χ3n) is 3.29. The third kappa shape index (κ3) is 1.47. The van der Waals surface area contributed by atoms with Crippen molar-refractivity contribution in [2.75, 3.05) is 0 Å². The zero-order valence-corrected chi connectivity index (χ0v) is 9.86. The van der Waals surface area contributed by atoms with Gasteiger partial charge in [0.25, 0.3) is 0 Å². The van der Waals surface area contributed by atoms with E-state index in [-0.39, 0.29) is 0 Å². The Hall–Kier alpha value is -1.82. The van der Waals surface area contributed by atoms with Gasteiger partial charge in [0, 0.05) is 18.1 Å². The Labute approximate surface area is 95.4 Å². The van der Waals surface area contributed by atoms with Gasteiger partial charge in [-0.05, 0) is 38.0 Å². The number of nitriles is 1. The molecular weight excluding hydrogens is 198 g/mol. The number of nitrogens with zero attached hydrogens (tertiary/aromatic N) is 3. The van der Waals surface area contributed by atoms with Gasteiger partial charge in [-0.2, -0.15) is 5.26 Å². The van der Waals surface area contributed by atoms with E-state index in [1.807, 2.05) is 49.7 Å². The summed E-state index contributed by atoms with van der Waals surface area (Å²) in [6.45, 7) is 6.02. The van der Waals surface area contributed by atoms with Crippen LogP contribution in [0.3, 0.4) is 0 Å². The van der Waals surface area contributed by atoms with E-state index in [0.717, 1.165) is 23.3 Å². The lowest BCUT2D eigenvalue weighted by molar-refractivity contribution is 0.586. The molecule has 0 spiro atoms. The number of imidazole rings is 1. The van der Waals surface area contributed by atoms with Gasteiger partial charge in [0.15, 0.2) is 0 Å². The topological polar surface area (TPSA) is 41.1 Å². The first-order valence-electron chi connectivity index (χ1n) is 5.46. The number of fused-ring (bicyclic) bond motifs is 1. The highest BCUT2D eigenvalue weighted by Gasteiger charge is 2.24. The maximum absolute atomic E-state index is 9.24. The maximum Gasteiger partial charge on any atom is 0.137 e. The van der Waals surface area contributed by atoms with E-state index in [0.29, 0.717) is 0 Å². The summed E-state index contributed by atoms with van der Waals surface area (Å²) in [6.07, 6.45) is 4.63. The van der Waals surface area contributed by atoms with Crippen molar-refractivity contribution in [1.29, 1.82) is 5.26 Å². The first-order valence-corrected chi connectivity index (χ1v) is 5.46. The molecule has 0 saturated heterocycles. The summed E-state index contributed by atoms with van der Waals surface area (Å²) < 4.78 is 2.02. The number of rotatable bonds is 2. The number of hydrogen-bond acceptors (Lipinski definition) is 2. The molecule has 0 fully saturated rings. The highest BCUT2D eigenvalue weighted by atomic mass is 15.0. The third-order valence-corrected chi connectivity index (χ3v) is 3.29.